The SMILES string of the molecule is COc1ccc(COC(=O)C2=C(CSc3nc4c[n+](C)ccc4o3)CS[C@H]3C(NC(=O)/C(=N\O[C@@H](C)C(=O)OC(c4ccccc4)c4ccccc4)c4csc(NC(c5ccccc5)(c5ccccc5)c5ccccc5)n4)C(=O)N23)cc1.O=C([O-])C(F)(F)F. The van der Waals surface area contributed by atoms with Crippen LogP contribution in [0.25, 0.3) is 11.1 Å². The number of carbonyl (C=O) groups is 5. The standard InChI is InChI=1S/C63H53N7O9S3.C2HF3O2/c1-40(59(73)78-55(42-19-9-4-10-20-42)43-21-11-5-12-22-43)79-68-52(50-39-81-61(64-50)67-63(45-23-13-6-14-24-45,46-25-15-7-16-26-46)47-27-17-8-18-28-47)56(71)66-53-57(72)70-54(60(74)76-36-41-29-31-48(75-3)32-30-41)44(37-80-58(53)70)38-82-62-65-49-35-69(2)34-33-51(49)77-62;3-2(4,5)1(6)7/h4-35,39-40,53,55,58H,36-38H2,1-3H3,(H-,64,66,67,71);(H,6,7)/b68-52-;/t40-,53?,58-;/m0./s1. The highest BCUT2D eigenvalue weighted by Gasteiger charge is 2.55. The minimum absolute atomic E-state index is 0.0746. The number of ether oxygens (including phenoxy) is 3. The number of alkyl halides is 3. The lowest BCUT2D eigenvalue weighted by Gasteiger charge is -2.49. The number of oxime groups is 1. The van der Waals surface area contributed by atoms with Crippen molar-refractivity contribution < 1.29 is 70.3 Å². The summed E-state index contributed by atoms with van der Waals surface area (Å²) in [6.45, 7) is 1.40. The number of β-lactam (4-membered cyclic amide) rings is 1. The third kappa shape index (κ3) is 14.5. The fourth-order valence-corrected chi connectivity index (χ4v) is 12.7. The second-order valence-corrected chi connectivity index (χ2v) is 22.9. The number of fused-ring (bicyclic) bond motifs is 2. The molecule has 1 saturated heterocycles. The zero-order valence-electron chi connectivity index (χ0n) is 47.6. The van der Waals surface area contributed by atoms with Crippen molar-refractivity contribution in [3.05, 3.63) is 250 Å². The van der Waals surface area contributed by atoms with Crippen molar-refractivity contribution in [1.29, 1.82) is 0 Å². The number of hydrogen-bond acceptors (Lipinski definition) is 18. The summed E-state index contributed by atoms with van der Waals surface area (Å²) in [5, 5.41) is 21.5. The Morgan fingerprint density at radius 1 is 0.820 bits per heavy atom. The van der Waals surface area contributed by atoms with Crippen LogP contribution in [-0.4, -0.2) is 92.6 Å². The molecule has 1 unspecified atom stereocenters. The minimum atomic E-state index is -5.19. The van der Waals surface area contributed by atoms with Crippen LogP contribution in [0.5, 0.6) is 5.75 Å². The van der Waals surface area contributed by atoms with Gasteiger partial charge in [-0.05, 0) is 58.0 Å². The molecule has 6 aromatic carbocycles. The van der Waals surface area contributed by atoms with Crippen molar-refractivity contribution in [2.75, 3.05) is 23.9 Å². The predicted molar refractivity (Wildman–Crippen MR) is 325 cm³/mol. The molecule has 0 bridgehead atoms. The molecule has 454 valence electrons. The maximum absolute atomic E-state index is 15.0. The maximum atomic E-state index is 15.0. The molecule has 18 nitrogen and oxygen atoms in total. The van der Waals surface area contributed by atoms with Crippen LogP contribution in [0, 0.1) is 0 Å². The fraction of sp³-hybridized carbons (Fsp3) is 0.185. The van der Waals surface area contributed by atoms with E-state index in [1.54, 1.807) is 36.8 Å². The quantitative estimate of drug-likeness (QED) is 0.0130. The van der Waals surface area contributed by atoms with Gasteiger partial charge in [0.15, 0.2) is 40.4 Å². The molecule has 1 fully saturated rings. The lowest BCUT2D eigenvalue weighted by Crippen LogP contribution is -2.71. The number of nitrogens with zero attached hydrogens (tertiary/aromatic N) is 5. The largest absolute Gasteiger partial charge is 0.542 e. The number of benzene rings is 6. The molecular weight excluding hydrogens is 1210 g/mol. The van der Waals surface area contributed by atoms with Crippen LogP contribution in [0.2, 0.25) is 0 Å². The molecule has 2 N–H and O–H groups in total. The van der Waals surface area contributed by atoms with Gasteiger partial charge >= 0.3 is 18.1 Å². The molecule has 3 aromatic heterocycles. The maximum Gasteiger partial charge on any atom is 0.430 e. The summed E-state index contributed by atoms with van der Waals surface area (Å²) in [5.74, 6) is -4.64. The first-order valence-electron chi connectivity index (χ1n) is 27.4. The van der Waals surface area contributed by atoms with Crippen LogP contribution in [0.1, 0.15) is 52.1 Å². The summed E-state index contributed by atoms with van der Waals surface area (Å²) in [6, 6.07) is 56.4. The molecule has 0 saturated carbocycles. The predicted octanol–water partition coefficient (Wildman–Crippen LogP) is 9.45. The molecule has 24 heteroatoms. The summed E-state index contributed by atoms with van der Waals surface area (Å²) < 4.78 is 56.8. The number of aliphatic carboxylic acids is 1. The Labute approximate surface area is 520 Å². The van der Waals surface area contributed by atoms with Gasteiger partial charge in [-0.2, -0.15) is 18.2 Å². The van der Waals surface area contributed by atoms with E-state index in [4.69, 9.17) is 38.4 Å². The van der Waals surface area contributed by atoms with Crippen molar-refractivity contribution in [3.8, 4) is 5.75 Å². The van der Waals surface area contributed by atoms with E-state index in [1.807, 2.05) is 182 Å². The van der Waals surface area contributed by atoms with Gasteiger partial charge in [0.25, 0.3) is 17.0 Å². The van der Waals surface area contributed by atoms with Gasteiger partial charge in [0, 0.05) is 23.0 Å². The monoisotopic (exact) mass is 1260 g/mol. The van der Waals surface area contributed by atoms with Crippen LogP contribution in [0.4, 0.5) is 18.3 Å². The minimum Gasteiger partial charge on any atom is -0.542 e. The van der Waals surface area contributed by atoms with E-state index in [1.165, 1.54) is 46.7 Å². The second-order valence-electron chi connectivity index (χ2n) is 20.0. The van der Waals surface area contributed by atoms with Gasteiger partial charge in [0.2, 0.25) is 6.10 Å². The summed E-state index contributed by atoms with van der Waals surface area (Å²) in [5.41, 5.74) is 5.74. The number of amides is 2. The number of methoxy groups -OCH3 is 1. The first kappa shape index (κ1) is 62.3. The normalized spacial score (nSPS) is 15.2. The third-order valence-electron chi connectivity index (χ3n) is 14.1. The zero-order valence-corrected chi connectivity index (χ0v) is 50.0. The highest BCUT2D eigenvalue weighted by Crippen LogP contribution is 2.44. The Balaban J connectivity index is 0.00000118. The van der Waals surface area contributed by atoms with Crippen LogP contribution in [-0.2, 0) is 57.5 Å². The Kier molecular flexibility index (Phi) is 19.5. The van der Waals surface area contributed by atoms with Crippen LogP contribution in [0.3, 0.4) is 0 Å². The van der Waals surface area contributed by atoms with E-state index in [-0.39, 0.29) is 29.5 Å². The Hall–Kier alpha value is -9.78. The molecule has 89 heavy (non-hydrogen) atoms. The molecule has 0 aliphatic carbocycles. The summed E-state index contributed by atoms with van der Waals surface area (Å²) >= 11 is 3.90. The topological polar surface area (TPSA) is 228 Å². The number of aromatic nitrogens is 3. The number of carboxylic acids is 1. The number of thiazole rings is 1. The van der Waals surface area contributed by atoms with Crippen molar-refractivity contribution >= 4 is 86.5 Å². The highest BCUT2D eigenvalue weighted by molar-refractivity contribution is 8.01. The Bertz CT molecular complexity index is 3900. The first-order valence-corrected chi connectivity index (χ1v) is 30.3. The zero-order chi connectivity index (χ0) is 62.7. The number of pyridine rings is 1. The number of rotatable bonds is 21. The van der Waals surface area contributed by atoms with Gasteiger partial charge in [-0.15, -0.1) is 23.1 Å². The molecule has 2 aliphatic rings. The highest BCUT2D eigenvalue weighted by atomic mass is 32.2. The van der Waals surface area contributed by atoms with Crippen LogP contribution in [0.15, 0.2) is 226 Å². The summed E-state index contributed by atoms with van der Waals surface area (Å²) in [4.78, 5) is 83.7. The number of thioether (sulfide) groups is 2. The van der Waals surface area contributed by atoms with Gasteiger partial charge in [-0.1, -0.05) is 181 Å². The van der Waals surface area contributed by atoms with Crippen molar-refractivity contribution in [2.24, 2.45) is 12.2 Å². The van der Waals surface area contributed by atoms with E-state index >= 15 is 0 Å². The number of esters is 2. The number of anilines is 1. The van der Waals surface area contributed by atoms with Gasteiger partial charge in [0.1, 0.15) is 53.7 Å². The van der Waals surface area contributed by atoms with Gasteiger partial charge in [-0.3, -0.25) is 14.5 Å². The first-order chi connectivity index (χ1) is 43.0. The Morgan fingerprint density at radius 2 is 1.38 bits per heavy atom. The van der Waals surface area contributed by atoms with E-state index in [9.17, 15) is 32.3 Å². The van der Waals surface area contributed by atoms with Crippen molar-refractivity contribution in [3.63, 3.8) is 0 Å². The molecule has 5 heterocycles. The number of aryl methyl sites for hydroxylation is 1. The van der Waals surface area contributed by atoms with Gasteiger partial charge in [0.05, 0.1) is 7.11 Å². The average molecular weight is 1260 g/mol. The molecule has 0 spiro atoms. The lowest BCUT2D eigenvalue weighted by molar-refractivity contribution is -0.670. The summed E-state index contributed by atoms with van der Waals surface area (Å²) in [7, 11) is 3.46. The lowest BCUT2D eigenvalue weighted by atomic mass is 9.77. The third-order valence-corrected chi connectivity index (χ3v) is 17.1. The van der Waals surface area contributed by atoms with E-state index in [2.05, 4.69) is 20.8 Å². The molecule has 0 radical (unpaired) electrons. The van der Waals surface area contributed by atoms with Crippen LogP contribution < -0.4 is 25.0 Å². The van der Waals surface area contributed by atoms with Crippen molar-refractivity contribution in [1.82, 2.24) is 20.2 Å². The molecule has 2 aliphatic heterocycles. The molecule has 3 atom stereocenters. The number of nitrogens with one attached hydrogen (secondary N) is 2. The molecular formula is C65H54F3N7O11S3. The molecule has 9 aromatic rings. The Morgan fingerprint density at radius 3 is 1.93 bits per heavy atom. The van der Waals surface area contributed by atoms with E-state index < -0.39 is 65.1 Å². The number of oxazole rings is 1. The number of carbonyl (C=O) groups excluding carboxylic acids is 5. The number of carboxylic acid groups (broad SMARTS) is 1. The van der Waals surface area contributed by atoms with E-state index in [0.29, 0.717) is 44.1 Å². The average Bonchev–Trinajstić information content (AvgIpc) is 1.56. The van der Waals surface area contributed by atoms with Crippen LogP contribution >= 0.6 is 34.9 Å². The second kappa shape index (κ2) is 27.9. The van der Waals surface area contributed by atoms with Gasteiger partial charge < -0.3 is 44.0 Å². The number of halogens is 3. The summed E-state index contributed by atoms with van der Waals surface area (Å²) in [6.07, 6.45) is -3.58. The van der Waals surface area contributed by atoms with Gasteiger partial charge in [-0.25, -0.2) is 19.1 Å². The van der Waals surface area contributed by atoms with Crippen molar-refractivity contribution in [2.45, 2.75) is 54.1 Å². The smallest absolute Gasteiger partial charge is 0.430 e. The fourth-order valence-electron chi connectivity index (χ4n) is 9.65. The molecule has 11 rings (SSSR count). The molecule has 2 amide bonds. The number of hydrogen-bond donors (Lipinski definition) is 2. The van der Waals surface area contributed by atoms with E-state index in [0.717, 1.165) is 27.8 Å².